The number of hydrogen-bond donors (Lipinski definition) is 2. The van der Waals surface area contributed by atoms with Gasteiger partial charge in [0.15, 0.2) is 0 Å². The molecule has 0 heterocycles. The molecule has 1 unspecified atom stereocenters. The molecule has 15 heavy (non-hydrogen) atoms. The fourth-order valence-corrected chi connectivity index (χ4v) is 1.27. The number of benzene rings is 1. The number of nitriles is 1. The Kier molecular flexibility index (Phi) is 4.61. The molecule has 0 amide bonds. The minimum atomic E-state index is -0.190. The number of methoxy groups -OCH3 is 1. The van der Waals surface area contributed by atoms with Crippen LogP contribution in [-0.4, -0.2) is 31.5 Å². The molecule has 1 aromatic carbocycles. The molecule has 0 fully saturated rings. The van der Waals surface area contributed by atoms with Crippen molar-refractivity contribution in [1.29, 1.82) is 5.26 Å². The van der Waals surface area contributed by atoms with Crippen LogP contribution in [-0.2, 0) is 4.74 Å². The van der Waals surface area contributed by atoms with Gasteiger partial charge in [0, 0.05) is 7.11 Å². The fraction of sp³-hybridized carbons (Fsp3) is 0.364. The van der Waals surface area contributed by atoms with E-state index in [-0.39, 0.29) is 12.6 Å². The topological polar surface area (TPSA) is 65.3 Å². The predicted molar refractivity (Wildman–Crippen MR) is 57.5 cm³/mol. The standard InChI is InChI=1S/C11H14N2O2/c1-15-8-10(7-14)13-11-5-3-2-4-9(11)6-12/h2-5,10,13-14H,7-8H2,1H3. The minimum absolute atomic E-state index is 0.0341. The lowest BCUT2D eigenvalue weighted by Gasteiger charge is -2.17. The van der Waals surface area contributed by atoms with Gasteiger partial charge in [-0.25, -0.2) is 0 Å². The Bertz CT molecular complexity index is 347. The molecular weight excluding hydrogens is 192 g/mol. The second-order valence-corrected chi connectivity index (χ2v) is 3.14. The molecule has 4 heteroatoms. The molecule has 1 aromatic rings. The summed E-state index contributed by atoms with van der Waals surface area (Å²) >= 11 is 0. The molecule has 1 rings (SSSR count). The number of anilines is 1. The second kappa shape index (κ2) is 6.02. The van der Waals surface area contributed by atoms with Crippen molar-refractivity contribution in [3.8, 4) is 6.07 Å². The Morgan fingerprint density at radius 1 is 1.53 bits per heavy atom. The van der Waals surface area contributed by atoms with Crippen molar-refractivity contribution in [3.63, 3.8) is 0 Å². The van der Waals surface area contributed by atoms with Gasteiger partial charge < -0.3 is 15.2 Å². The van der Waals surface area contributed by atoms with E-state index >= 15 is 0 Å². The zero-order chi connectivity index (χ0) is 11.1. The summed E-state index contributed by atoms with van der Waals surface area (Å²) < 4.78 is 4.94. The first-order valence-corrected chi connectivity index (χ1v) is 4.67. The van der Waals surface area contributed by atoms with Crippen LogP contribution >= 0.6 is 0 Å². The van der Waals surface area contributed by atoms with Crippen molar-refractivity contribution in [3.05, 3.63) is 29.8 Å². The lowest BCUT2D eigenvalue weighted by Crippen LogP contribution is -2.29. The summed E-state index contributed by atoms with van der Waals surface area (Å²) in [4.78, 5) is 0. The van der Waals surface area contributed by atoms with Gasteiger partial charge in [0.1, 0.15) is 6.07 Å². The SMILES string of the molecule is COCC(CO)Nc1ccccc1C#N. The van der Waals surface area contributed by atoms with Crippen molar-refractivity contribution in [2.75, 3.05) is 25.6 Å². The molecular formula is C11H14N2O2. The predicted octanol–water partition coefficient (Wildman–Crippen LogP) is 0.977. The first kappa shape index (κ1) is 11.5. The summed E-state index contributed by atoms with van der Waals surface area (Å²) in [5.41, 5.74) is 1.28. The summed E-state index contributed by atoms with van der Waals surface area (Å²) in [6, 6.07) is 9.06. The molecule has 0 aliphatic rings. The van der Waals surface area contributed by atoms with Crippen LogP contribution in [0.5, 0.6) is 0 Å². The third kappa shape index (κ3) is 3.24. The van der Waals surface area contributed by atoms with Gasteiger partial charge in [-0.15, -0.1) is 0 Å². The van der Waals surface area contributed by atoms with Crippen molar-refractivity contribution >= 4 is 5.69 Å². The van der Waals surface area contributed by atoms with Crippen LogP contribution in [0.2, 0.25) is 0 Å². The van der Waals surface area contributed by atoms with Crippen molar-refractivity contribution in [1.82, 2.24) is 0 Å². The average molecular weight is 206 g/mol. The summed E-state index contributed by atoms with van der Waals surface area (Å²) in [6.45, 7) is 0.365. The second-order valence-electron chi connectivity index (χ2n) is 3.14. The number of nitrogens with zero attached hydrogens (tertiary/aromatic N) is 1. The Balaban J connectivity index is 2.74. The highest BCUT2D eigenvalue weighted by molar-refractivity contribution is 5.57. The van der Waals surface area contributed by atoms with Gasteiger partial charge in [-0.05, 0) is 12.1 Å². The van der Waals surface area contributed by atoms with Gasteiger partial charge in [-0.3, -0.25) is 0 Å². The number of ether oxygens (including phenoxy) is 1. The molecule has 2 N–H and O–H groups in total. The van der Waals surface area contributed by atoms with Crippen molar-refractivity contribution < 1.29 is 9.84 Å². The molecule has 0 radical (unpaired) electrons. The van der Waals surface area contributed by atoms with E-state index in [1.54, 1.807) is 25.3 Å². The van der Waals surface area contributed by atoms with E-state index in [0.29, 0.717) is 12.2 Å². The highest BCUT2D eigenvalue weighted by Gasteiger charge is 2.08. The molecule has 1 atom stereocenters. The maximum absolute atomic E-state index is 9.06. The summed E-state index contributed by atoms with van der Waals surface area (Å²) in [7, 11) is 1.57. The first-order valence-electron chi connectivity index (χ1n) is 4.67. The molecule has 0 saturated heterocycles. The summed E-state index contributed by atoms with van der Waals surface area (Å²) in [5, 5.41) is 21.0. The van der Waals surface area contributed by atoms with E-state index in [1.165, 1.54) is 0 Å². The smallest absolute Gasteiger partial charge is 0.101 e. The van der Waals surface area contributed by atoms with Gasteiger partial charge in [-0.1, -0.05) is 12.1 Å². The third-order valence-electron chi connectivity index (χ3n) is 2.00. The number of hydrogen-bond acceptors (Lipinski definition) is 4. The van der Waals surface area contributed by atoms with Crippen LogP contribution in [0, 0.1) is 11.3 Å². The van der Waals surface area contributed by atoms with E-state index < -0.39 is 0 Å². The average Bonchev–Trinajstić information content (AvgIpc) is 2.29. The zero-order valence-electron chi connectivity index (χ0n) is 8.60. The monoisotopic (exact) mass is 206 g/mol. The largest absolute Gasteiger partial charge is 0.394 e. The van der Waals surface area contributed by atoms with Crippen LogP contribution in [0.1, 0.15) is 5.56 Å². The molecule has 0 bridgehead atoms. The summed E-state index contributed by atoms with van der Waals surface area (Å²) in [6.07, 6.45) is 0. The van der Waals surface area contributed by atoms with E-state index in [4.69, 9.17) is 15.1 Å². The normalized spacial score (nSPS) is 11.8. The lowest BCUT2D eigenvalue weighted by atomic mass is 10.2. The Morgan fingerprint density at radius 3 is 2.87 bits per heavy atom. The van der Waals surface area contributed by atoms with Crippen LogP contribution in [0.3, 0.4) is 0 Å². The molecule has 0 spiro atoms. The Hall–Kier alpha value is -1.57. The quantitative estimate of drug-likeness (QED) is 0.753. The van der Waals surface area contributed by atoms with Gasteiger partial charge in [0.25, 0.3) is 0 Å². The van der Waals surface area contributed by atoms with Crippen molar-refractivity contribution in [2.45, 2.75) is 6.04 Å². The number of aliphatic hydroxyl groups excluding tert-OH is 1. The molecule has 80 valence electrons. The third-order valence-corrected chi connectivity index (χ3v) is 2.00. The van der Waals surface area contributed by atoms with Gasteiger partial charge in [0.05, 0.1) is 30.5 Å². The number of aliphatic hydroxyl groups is 1. The maximum Gasteiger partial charge on any atom is 0.101 e. The Morgan fingerprint density at radius 2 is 2.27 bits per heavy atom. The van der Waals surface area contributed by atoms with E-state index in [0.717, 1.165) is 5.69 Å². The molecule has 0 aliphatic heterocycles. The van der Waals surface area contributed by atoms with E-state index in [9.17, 15) is 0 Å². The molecule has 4 nitrogen and oxygen atoms in total. The van der Waals surface area contributed by atoms with E-state index in [2.05, 4.69) is 11.4 Å². The van der Waals surface area contributed by atoms with Crippen molar-refractivity contribution in [2.24, 2.45) is 0 Å². The fourth-order valence-electron chi connectivity index (χ4n) is 1.27. The minimum Gasteiger partial charge on any atom is -0.394 e. The van der Waals surface area contributed by atoms with Crippen LogP contribution in [0.25, 0.3) is 0 Å². The summed E-state index contributed by atoms with van der Waals surface area (Å²) in [5.74, 6) is 0. The van der Waals surface area contributed by atoms with Gasteiger partial charge in [0.2, 0.25) is 0 Å². The number of rotatable bonds is 5. The van der Waals surface area contributed by atoms with Crippen LogP contribution in [0.15, 0.2) is 24.3 Å². The molecule has 0 aliphatic carbocycles. The zero-order valence-corrected chi connectivity index (χ0v) is 8.60. The highest BCUT2D eigenvalue weighted by Crippen LogP contribution is 2.14. The van der Waals surface area contributed by atoms with E-state index in [1.807, 2.05) is 6.07 Å². The number of nitrogens with one attached hydrogen (secondary N) is 1. The maximum atomic E-state index is 9.06. The van der Waals surface area contributed by atoms with Crippen LogP contribution in [0.4, 0.5) is 5.69 Å². The molecule has 0 aromatic heterocycles. The Labute approximate surface area is 89.1 Å². The number of para-hydroxylation sites is 1. The lowest BCUT2D eigenvalue weighted by molar-refractivity contribution is 0.153. The highest BCUT2D eigenvalue weighted by atomic mass is 16.5. The molecule has 0 saturated carbocycles. The van der Waals surface area contributed by atoms with Gasteiger partial charge in [-0.2, -0.15) is 5.26 Å². The van der Waals surface area contributed by atoms with Gasteiger partial charge >= 0.3 is 0 Å². The van der Waals surface area contributed by atoms with Crippen LogP contribution < -0.4 is 5.32 Å². The first-order chi connectivity index (χ1) is 7.31.